The Morgan fingerprint density at radius 1 is 1.16 bits per heavy atom. The van der Waals surface area contributed by atoms with Crippen molar-refractivity contribution in [3.05, 3.63) is 48.0 Å². The van der Waals surface area contributed by atoms with E-state index in [1.807, 2.05) is 49.4 Å². The Morgan fingerprint density at radius 3 is 2.63 bits per heavy atom. The highest BCUT2D eigenvalue weighted by molar-refractivity contribution is 6.05. The molecule has 1 N–H and O–H groups in total. The van der Waals surface area contributed by atoms with Crippen LogP contribution < -0.4 is 0 Å². The highest BCUT2D eigenvalue weighted by atomic mass is 16.4. The van der Waals surface area contributed by atoms with Crippen LogP contribution in [0.2, 0.25) is 0 Å². The largest absolute Gasteiger partial charge is 0.481 e. The van der Waals surface area contributed by atoms with Gasteiger partial charge in [-0.1, -0.05) is 37.3 Å². The average Bonchev–Trinajstić information content (AvgIpc) is 2.76. The topological polar surface area (TPSA) is 50.4 Å². The molecule has 19 heavy (non-hydrogen) atoms. The van der Waals surface area contributed by atoms with Gasteiger partial charge in [0.05, 0.1) is 5.92 Å². The second-order valence-electron chi connectivity index (χ2n) is 4.65. The van der Waals surface area contributed by atoms with Gasteiger partial charge in [-0.25, -0.2) is 0 Å². The first-order valence-electron chi connectivity index (χ1n) is 6.34. The number of rotatable bonds is 3. The fourth-order valence-corrected chi connectivity index (χ4v) is 2.51. The smallest absolute Gasteiger partial charge is 0.310 e. The van der Waals surface area contributed by atoms with E-state index in [9.17, 15) is 9.90 Å². The van der Waals surface area contributed by atoms with Crippen LogP contribution in [0, 0.1) is 0 Å². The lowest BCUT2D eigenvalue weighted by Gasteiger charge is -2.09. The minimum atomic E-state index is -0.794. The van der Waals surface area contributed by atoms with Crippen LogP contribution in [0.5, 0.6) is 0 Å². The summed E-state index contributed by atoms with van der Waals surface area (Å²) < 4.78 is 5.77. The minimum Gasteiger partial charge on any atom is -0.481 e. The van der Waals surface area contributed by atoms with E-state index in [4.69, 9.17) is 4.42 Å². The summed E-state index contributed by atoms with van der Waals surface area (Å²) >= 11 is 0. The Labute approximate surface area is 110 Å². The number of carboxylic acid groups (broad SMARTS) is 1. The van der Waals surface area contributed by atoms with Crippen LogP contribution in [0.25, 0.3) is 21.9 Å². The van der Waals surface area contributed by atoms with Crippen molar-refractivity contribution in [1.29, 1.82) is 0 Å². The highest BCUT2D eigenvalue weighted by Crippen LogP contribution is 2.31. The molecule has 0 aliphatic heterocycles. The van der Waals surface area contributed by atoms with Crippen LogP contribution in [-0.2, 0) is 4.79 Å². The molecule has 0 radical (unpaired) electrons. The lowest BCUT2D eigenvalue weighted by Crippen LogP contribution is -2.10. The first-order chi connectivity index (χ1) is 9.20. The Hall–Kier alpha value is -2.29. The van der Waals surface area contributed by atoms with Gasteiger partial charge in [-0.05, 0) is 24.1 Å². The molecular weight excluding hydrogens is 240 g/mol. The Bertz CT molecular complexity index is 755. The molecule has 0 amide bonds. The molecule has 1 heterocycles. The molecule has 1 unspecified atom stereocenters. The van der Waals surface area contributed by atoms with Crippen molar-refractivity contribution in [3.8, 4) is 0 Å². The standard InChI is InChI=1S/C16H14O3/c1-2-11(16(17)18)10-7-8-13-12-5-3-4-6-14(12)19-15(13)9-10/h3-9,11H,2H2,1H3,(H,17,18). The number of para-hydroxylation sites is 1. The lowest BCUT2D eigenvalue weighted by molar-refractivity contribution is -0.138. The maximum absolute atomic E-state index is 11.2. The van der Waals surface area contributed by atoms with Gasteiger partial charge >= 0.3 is 5.97 Å². The maximum Gasteiger partial charge on any atom is 0.310 e. The number of hydrogen-bond donors (Lipinski definition) is 1. The van der Waals surface area contributed by atoms with Gasteiger partial charge in [0.2, 0.25) is 0 Å². The van der Waals surface area contributed by atoms with Gasteiger partial charge in [-0.3, -0.25) is 4.79 Å². The molecule has 3 nitrogen and oxygen atoms in total. The quantitative estimate of drug-likeness (QED) is 0.763. The minimum absolute atomic E-state index is 0.474. The third kappa shape index (κ3) is 1.87. The molecule has 3 heteroatoms. The molecule has 1 atom stereocenters. The van der Waals surface area contributed by atoms with E-state index in [-0.39, 0.29) is 0 Å². The van der Waals surface area contributed by atoms with Crippen molar-refractivity contribution < 1.29 is 14.3 Å². The molecule has 96 valence electrons. The van der Waals surface area contributed by atoms with Crippen LogP contribution in [0.15, 0.2) is 46.9 Å². The molecule has 0 aliphatic rings. The van der Waals surface area contributed by atoms with Gasteiger partial charge in [0, 0.05) is 10.8 Å². The van der Waals surface area contributed by atoms with Crippen molar-refractivity contribution in [2.45, 2.75) is 19.3 Å². The van der Waals surface area contributed by atoms with Gasteiger partial charge in [-0.2, -0.15) is 0 Å². The van der Waals surface area contributed by atoms with Crippen molar-refractivity contribution in [2.75, 3.05) is 0 Å². The van der Waals surface area contributed by atoms with Gasteiger partial charge in [-0.15, -0.1) is 0 Å². The van der Waals surface area contributed by atoms with Crippen molar-refractivity contribution >= 4 is 27.9 Å². The summed E-state index contributed by atoms with van der Waals surface area (Å²) in [5.74, 6) is -1.27. The van der Waals surface area contributed by atoms with Crippen LogP contribution in [-0.4, -0.2) is 11.1 Å². The van der Waals surface area contributed by atoms with Crippen molar-refractivity contribution in [3.63, 3.8) is 0 Å². The second kappa shape index (κ2) is 4.43. The molecule has 3 aromatic rings. The zero-order valence-electron chi connectivity index (χ0n) is 10.6. The molecule has 0 spiro atoms. The van der Waals surface area contributed by atoms with Gasteiger partial charge in [0.15, 0.2) is 0 Å². The van der Waals surface area contributed by atoms with E-state index < -0.39 is 11.9 Å². The Kier molecular flexibility index (Phi) is 2.75. The molecule has 0 saturated carbocycles. The third-order valence-corrected chi connectivity index (χ3v) is 3.51. The zero-order valence-corrected chi connectivity index (χ0v) is 10.6. The number of furan rings is 1. The van der Waals surface area contributed by atoms with E-state index in [0.717, 1.165) is 27.5 Å². The van der Waals surface area contributed by atoms with Crippen LogP contribution in [0.1, 0.15) is 24.8 Å². The first kappa shape index (κ1) is 11.8. The summed E-state index contributed by atoms with van der Waals surface area (Å²) in [6.07, 6.45) is 0.571. The predicted octanol–water partition coefficient (Wildman–Crippen LogP) is 4.16. The molecule has 3 rings (SSSR count). The number of carbonyl (C=O) groups is 1. The first-order valence-corrected chi connectivity index (χ1v) is 6.34. The van der Waals surface area contributed by atoms with E-state index in [2.05, 4.69) is 0 Å². The summed E-state index contributed by atoms with van der Waals surface area (Å²) in [5, 5.41) is 11.3. The molecule has 2 aromatic carbocycles. The maximum atomic E-state index is 11.2. The highest BCUT2D eigenvalue weighted by Gasteiger charge is 2.18. The number of benzene rings is 2. The second-order valence-corrected chi connectivity index (χ2v) is 4.65. The number of carboxylic acids is 1. The summed E-state index contributed by atoms with van der Waals surface area (Å²) in [6.45, 7) is 1.88. The Morgan fingerprint density at radius 2 is 1.89 bits per heavy atom. The van der Waals surface area contributed by atoms with Gasteiger partial charge in [0.1, 0.15) is 11.2 Å². The summed E-state index contributed by atoms with van der Waals surface area (Å²) in [7, 11) is 0. The fourth-order valence-electron chi connectivity index (χ4n) is 2.51. The number of aliphatic carboxylic acids is 1. The third-order valence-electron chi connectivity index (χ3n) is 3.51. The number of fused-ring (bicyclic) bond motifs is 3. The van der Waals surface area contributed by atoms with Crippen molar-refractivity contribution in [2.24, 2.45) is 0 Å². The van der Waals surface area contributed by atoms with E-state index in [0.29, 0.717) is 6.42 Å². The number of hydrogen-bond acceptors (Lipinski definition) is 2. The molecule has 0 saturated heterocycles. The van der Waals surface area contributed by atoms with Gasteiger partial charge < -0.3 is 9.52 Å². The van der Waals surface area contributed by atoms with Crippen LogP contribution in [0.4, 0.5) is 0 Å². The summed E-state index contributed by atoms with van der Waals surface area (Å²) in [6, 6.07) is 13.5. The van der Waals surface area contributed by atoms with Gasteiger partial charge in [0.25, 0.3) is 0 Å². The lowest BCUT2D eigenvalue weighted by atomic mass is 9.96. The summed E-state index contributed by atoms with van der Waals surface area (Å²) in [5.41, 5.74) is 2.37. The van der Waals surface area contributed by atoms with E-state index in [1.165, 1.54) is 0 Å². The monoisotopic (exact) mass is 254 g/mol. The van der Waals surface area contributed by atoms with E-state index in [1.54, 1.807) is 0 Å². The molecule has 0 bridgehead atoms. The SMILES string of the molecule is CCC(C(=O)O)c1ccc2c(c1)oc1ccccc12. The molecular formula is C16H14O3. The van der Waals surface area contributed by atoms with E-state index >= 15 is 0 Å². The summed E-state index contributed by atoms with van der Waals surface area (Å²) in [4.78, 5) is 11.2. The molecule has 1 aromatic heterocycles. The normalized spacial score (nSPS) is 12.9. The predicted molar refractivity (Wildman–Crippen MR) is 74.4 cm³/mol. The molecule has 0 aliphatic carbocycles. The fraction of sp³-hybridized carbons (Fsp3) is 0.188. The molecule has 0 fully saturated rings. The Balaban J connectivity index is 2.21. The van der Waals surface area contributed by atoms with Crippen LogP contribution >= 0.6 is 0 Å². The van der Waals surface area contributed by atoms with Crippen LogP contribution in [0.3, 0.4) is 0 Å². The average molecular weight is 254 g/mol. The van der Waals surface area contributed by atoms with Crippen molar-refractivity contribution in [1.82, 2.24) is 0 Å². The zero-order chi connectivity index (χ0) is 13.4.